The minimum atomic E-state index is -0.347. The van der Waals surface area contributed by atoms with Gasteiger partial charge in [-0.1, -0.05) is 23.1 Å². The number of carbonyl (C=O) groups excluding carboxylic acids is 1. The van der Waals surface area contributed by atoms with Crippen LogP contribution in [0.4, 0.5) is 10.8 Å². The highest BCUT2D eigenvalue weighted by Gasteiger charge is 2.19. The minimum absolute atomic E-state index is 0.147. The molecule has 148 valence electrons. The molecule has 2 aromatic heterocycles. The molecule has 1 aliphatic heterocycles. The van der Waals surface area contributed by atoms with Gasteiger partial charge in [-0.15, -0.1) is 10.2 Å². The van der Waals surface area contributed by atoms with Crippen molar-refractivity contribution in [3.05, 3.63) is 28.7 Å². The maximum atomic E-state index is 12.5. The number of nitrogens with zero attached hydrogens (tertiary/aromatic N) is 2. The highest BCUT2D eigenvalue weighted by Crippen LogP contribution is 2.30. The van der Waals surface area contributed by atoms with Gasteiger partial charge in [0.15, 0.2) is 4.34 Å². The molecule has 4 rings (SSSR count). The Balaban J connectivity index is 1.31. The van der Waals surface area contributed by atoms with Gasteiger partial charge < -0.3 is 25.3 Å². The number of imidazole rings is 1. The highest BCUT2D eigenvalue weighted by atomic mass is 32.2. The quantitative estimate of drug-likeness (QED) is 0.433. The van der Waals surface area contributed by atoms with Crippen molar-refractivity contribution in [1.82, 2.24) is 20.2 Å². The first-order valence-corrected chi connectivity index (χ1v) is 10.6. The molecular weight excluding hydrogens is 400 g/mol. The topological polar surface area (TPSA) is 125 Å². The van der Waals surface area contributed by atoms with Crippen LogP contribution in [0.3, 0.4) is 0 Å². The van der Waals surface area contributed by atoms with Gasteiger partial charge in [0.25, 0.3) is 0 Å². The molecule has 1 aliphatic rings. The van der Waals surface area contributed by atoms with Crippen LogP contribution in [0.25, 0.3) is 11.0 Å². The summed E-state index contributed by atoms with van der Waals surface area (Å²) in [5.41, 5.74) is 1.69. The van der Waals surface area contributed by atoms with E-state index in [9.17, 15) is 9.59 Å². The Hall–Kier alpha value is -2.37. The fourth-order valence-corrected chi connectivity index (χ4v) is 4.80. The molecule has 1 saturated heterocycles. The number of H-pyrrole nitrogens is 2. The number of carbonyl (C=O) groups is 1. The molecule has 0 saturated carbocycles. The van der Waals surface area contributed by atoms with Gasteiger partial charge in [0.05, 0.1) is 22.4 Å². The van der Waals surface area contributed by atoms with E-state index in [2.05, 4.69) is 30.8 Å². The SMILES string of the molecule is C[C@H](Sc1nnc(NC[C@H]2CCCO2)s1)C(=O)Nc1ccc2[nH]c(=O)[nH]c2c1. The summed E-state index contributed by atoms with van der Waals surface area (Å²) < 4.78 is 6.30. The van der Waals surface area contributed by atoms with E-state index in [1.165, 1.54) is 23.1 Å². The molecule has 1 fully saturated rings. The highest BCUT2D eigenvalue weighted by molar-refractivity contribution is 8.02. The smallest absolute Gasteiger partial charge is 0.323 e. The second-order valence-corrected chi connectivity index (χ2v) is 9.04. The Morgan fingerprint density at radius 1 is 1.39 bits per heavy atom. The first-order valence-electron chi connectivity index (χ1n) is 8.95. The van der Waals surface area contributed by atoms with Gasteiger partial charge in [0, 0.05) is 18.8 Å². The Morgan fingerprint density at radius 3 is 3.07 bits per heavy atom. The molecule has 0 bridgehead atoms. The number of thioether (sulfide) groups is 1. The second-order valence-electron chi connectivity index (χ2n) is 6.48. The number of nitrogens with one attached hydrogen (secondary N) is 4. The van der Waals surface area contributed by atoms with Crippen LogP contribution >= 0.6 is 23.1 Å². The van der Waals surface area contributed by atoms with Crippen LogP contribution < -0.4 is 16.3 Å². The van der Waals surface area contributed by atoms with Crippen LogP contribution in [0.2, 0.25) is 0 Å². The zero-order chi connectivity index (χ0) is 19.5. The number of benzene rings is 1. The number of rotatable bonds is 7. The zero-order valence-electron chi connectivity index (χ0n) is 15.2. The monoisotopic (exact) mass is 420 g/mol. The summed E-state index contributed by atoms with van der Waals surface area (Å²) in [7, 11) is 0. The molecule has 0 unspecified atom stereocenters. The minimum Gasteiger partial charge on any atom is -0.376 e. The number of aromatic nitrogens is 4. The molecule has 9 nitrogen and oxygen atoms in total. The molecule has 2 atom stereocenters. The van der Waals surface area contributed by atoms with Crippen LogP contribution in [0.1, 0.15) is 19.8 Å². The van der Waals surface area contributed by atoms with Gasteiger partial charge in [-0.3, -0.25) is 4.79 Å². The van der Waals surface area contributed by atoms with Crippen molar-refractivity contribution in [3.63, 3.8) is 0 Å². The lowest BCUT2D eigenvalue weighted by Crippen LogP contribution is -2.22. The number of fused-ring (bicyclic) bond motifs is 1. The molecule has 3 aromatic rings. The number of hydrogen-bond acceptors (Lipinski definition) is 8. The van der Waals surface area contributed by atoms with Crippen LogP contribution in [0.5, 0.6) is 0 Å². The van der Waals surface area contributed by atoms with Gasteiger partial charge >= 0.3 is 5.69 Å². The number of hydrogen-bond donors (Lipinski definition) is 4. The number of anilines is 2. The molecule has 4 N–H and O–H groups in total. The summed E-state index contributed by atoms with van der Waals surface area (Å²) in [6.45, 7) is 3.36. The summed E-state index contributed by atoms with van der Waals surface area (Å²) >= 11 is 2.78. The maximum absolute atomic E-state index is 12.5. The Kier molecular flexibility index (Phi) is 5.64. The third-order valence-electron chi connectivity index (χ3n) is 4.34. The molecule has 11 heteroatoms. The lowest BCUT2D eigenvalue weighted by molar-refractivity contribution is -0.115. The molecular formula is C17H20N6O3S2. The summed E-state index contributed by atoms with van der Waals surface area (Å²) in [6.07, 6.45) is 2.40. The zero-order valence-corrected chi connectivity index (χ0v) is 16.8. The maximum Gasteiger partial charge on any atom is 0.323 e. The summed E-state index contributed by atoms with van der Waals surface area (Å²) in [5.74, 6) is -0.147. The number of amides is 1. The van der Waals surface area contributed by atoms with E-state index < -0.39 is 0 Å². The molecule has 28 heavy (non-hydrogen) atoms. The predicted molar refractivity (Wildman–Crippen MR) is 110 cm³/mol. The van der Waals surface area contributed by atoms with E-state index in [0.29, 0.717) is 16.7 Å². The lowest BCUT2D eigenvalue weighted by atomic mass is 10.2. The molecule has 0 aliphatic carbocycles. The van der Waals surface area contributed by atoms with Crippen molar-refractivity contribution in [3.8, 4) is 0 Å². The van der Waals surface area contributed by atoms with Crippen molar-refractivity contribution < 1.29 is 9.53 Å². The standard InChI is InChI=1S/C17H20N6O3S2/c1-9(14(24)19-10-4-5-12-13(7-10)21-15(25)20-12)27-17-23-22-16(28-17)18-8-11-3-2-6-26-11/h4-5,7,9,11H,2-3,6,8H2,1H3,(H,18,22)(H,19,24)(H2,20,21,25)/t9-,11+/m0/s1. The summed E-state index contributed by atoms with van der Waals surface area (Å²) in [4.78, 5) is 29.2. The van der Waals surface area contributed by atoms with Crippen LogP contribution in [0, 0.1) is 0 Å². The Morgan fingerprint density at radius 2 is 2.25 bits per heavy atom. The Bertz CT molecular complexity index is 1020. The van der Waals surface area contributed by atoms with Crippen LogP contribution in [-0.4, -0.2) is 50.6 Å². The lowest BCUT2D eigenvalue weighted by Gasteiger charge is -2.10. The molecule has 1 amide bonds. The van der Waals surface area contributed by atoms with Crippen LogP contribution in [0.15, 0.2) is 27.3 Å². The molecule has 3 heterocycles. The van der Waals surface area contributed by atoms with Gasteiger partial charge in [0.1, 0.15) is 0 Å². The average molecular weight is 421 g/mol. The van der Waals surface area contributed by atoms with Gasteiger partial charge in [0.2, 0.25) is 11.0 Å². The first-order chi connectivity index (χ1) is 13.6. The van der Waals surface area contributed by atoms with Crippen molar-refractivity contribution in [2.24, 2.45) is 0 Å². The van der Waals surface area contributed by atoms with Crippen molar-refractivity contribution in [2.45, 2.75) is 35.5 Å². The third-order valence-corrected chi connectivity index (χ3v) is 6.41. The Labute approximate surface area is 168 Å². The first kappa shape index (κ1) is 19.0. The van der Waals surface area contributed by atoms with E-state index >= 15 is 0 Å². The van der Waals surface area contributed by atoms with Gasteiger partial charge in [-0.05, 0) is 38.0 Å². The van der Waals surface area contributed by atoms with Gasteiger partial charge in [-0.25, -0.2) is 4.79 Å². The third kappa shape index (κ3) is 4.54. The fraction of sp³-hybridized carbons (Fsp3) is 0.412. The van der Waals surface area contributed by atoms with Crippen molar-refractivity contribution >= 4 is 50.9 Å². The predicted octanol–water partition coefficient (Wildman–Crippen LogP) is 2.42. The average Bonchev–Trinajstić information content (AvgIpc) is 3.39. The van der Waals surface area contributed by atoms with Gasteiger partial charge in [-0.2, -0.15) is 0 Å². The number of ether oxygens (including phenoxy) is 1. The molecule has 1 aromatic carbocycles. The number of aromatic amines is 2. The van der Waals surface area contributed by atoms with E-state index in [0.717, 1.165) is 35.5 Å². The fourth-order valence-electron chi connectivity index (χ4n) is 2.89. The summed E-state index contributed by atoms with van der Waals surface area (Å²) in [5, 5.41) is 14.7. The normalized spacial score (nSPS) is 17.7. The van der Waals surface area contributed by atoms with Crippen molar-refractivity contribution in [1.29, 1.82) is 0 Å². The molecule has 0 spiro atoms. The molecule has 0 radical (unpaired) electrons. The van der Waals surface area contributed by atoms with E-state index in [1.807, 2.05) is 6.92 Å². The van der Waals surface area contributed by atoms with Crippen LogP contribution in [-0.2, 0) is 9.53 Å². The largest absolute Gasteiger partial charge is 0.376 e. The van der Waals surface area contributed by atoms with E-state index in [4.69, 9.17) is 4.74 Å². The van der Waals surface area contributed by atoms with Crippen molar-refractivity contribution in [2.75, 3.05) is 23.8 Å². The summed E-state index contributed by atoms with van der Waals surface area (Å²) in [6, 6.07) is 5.22. The van der Waals surface area contributed by atoms with E-state index in [-0.39, 0.29) is 23.0 Å². The second kappa shape index (κ2) is 8.33. The van der Waals surface area contributed by atoms with E-state index in [1.54, 1.807) is 18.2 Å².